The molecule has 0 aromatic rings. The van der Waals surface area contributed by atoms with E-state index in [1.807, 2.05) is 0 Å². The van der Waals surface area contributed by atoms with E-state index in [2.05, 4.69) is 0 Å². The Bertz CT molecular complexity index is 87.7. The molecule has 0 aliphatic carbocycles. The molecule has 0 amide bonds. The smallest absolute Gasteiger partial charge is 0.316 e. The fraction of sp³-hybridized carbons (Fsp3) is 0.750. The van der Waals surface area contributed by atoms with Crippen molar-refractivity contribution in [3.63, 3.8) is 0 Å². The van der Waals surface area contributed by atoms with Gasteiger partial charge in [-0.15, -0.1) is 11.8 Å². The van der Waals surface area contributed by atoms with Crippen molar-refractivity contribution >= 4 is 17.7 Å². The van der Waals surface area contributed by atoms with Gasteiger partial charge >= 0.3 is 5.97 Å². The Morgan fingerprint density at radius 2 is 2.43 bits per heavy atom. The Kier molecular flexibility index (Phi) is 1.23. The number of carbonyl (C=O) groups is 1. The predicted octanol–water partition coefficient (Wildman–Crippen LogP) is 0.577. The topological polar surface area (TPSA) is 37.3 Å². The molecule has 0 bridgehead atoms. The Morgan fingerprint density at radius 3 is 2.43 bits per heavy atom. The monoisotopic (exact) mass is 118 g/mol. The van der Waals surface area contributed by atoms with Crippen LogP contribution in [-0.2, 0) is 4.79 Å². The highest BCUT2D eigenvalue weighted by atomic mass is 32.2. The van der Waals surface area contributed by atoms with Crippen LogP contribution in [0.15, 0.2) is 0 Å². The van der Waals surface area contributed by atoms with E-state index < -0.39 is 5.97 Å². The molecule has 2 nitrogen and oxygen atoms in total. The van der Waals surface area contributed by atoms with Crippen LogP contribution < -0.4 is 0 Å². The van der Waals surface area contributed by atoms with E-state index in [1.54, 1.807) is 0 Å². The molecule has 0 radical (unpaired) electrons. The van der Waals surface area contributed by atoms with Crippen molar-refractivity contribution in [2.24, 2.45) is 0 Å². The van der Waals surface area contributed by atoms with Gasteiger partial charge in [-0.3, -0.25) is 4.79 Å². The molecule has 1 unspecified atom stereocenters. The van der Waals surface area contributed by atoms with Crippen LogP contribution in [0.4, 0.5) is 0 Å². The number of hydrogen-bond acceptors (Lipinski definition) is 2. The zero-order valence-electron chi connectivity index (χ0n) is 3.76. The van der Waals surface area contributed by atoms with Crippen molar-refractivity contribution in [1.82, 2.24) is 0 Å². The van der Waals surface area contributed by atoms with Gasteiger partial charge in [-0.1, -0.05) is 0 Å². The van der Waals surface area contributed by atoms with Gasteiger partial charge in [0.2, 0.25) is 0 Å². The summed E-state index contributed by atoms with van der Waals surface area (Å²) in [5, 5.41) is 8.13. The summed E-state index contributed by atoms with van der Waals surface area (Å²) in [5.41, 5.74) is 0. The summed E-state index contributed by atoms with van der Waals surface area (Å²) >= 11 is 1.51. The largest absolute Gasteiger partial charge is 0.480 e. The van der Waals surface area contributed by atoms with Crippen LogP contribution in [0.25, 0.3) is 0 Å². The molecule has 1 atom stereocenters. The van der Waals surface area contributed by atoms with Gasteiger partial charge in [-0.25, -0.2) is 0 Å². The molecule has 1 N–H and O–H groups in total. The normalized spacial score (nSPS) is 28.9. The molecule has 40 valence electrons. The number of rotatable bonds is 1. The van der Waals surface area contributed by atoms with Gasteiger partial charge < -0.3 is 5.11 Å². The van der Waals surface area contributed by atoms with Gasteiger partial charge in [0.1, 0.15) is 5.25 Å². The molecular weight excluding hydrogens is 112 g/mol. The van der Waals surface area contributed by atoms with Crippen molar-refractivity contribution in [3.8, 4) is 0 Å². The standard InChI is InChI=1S/C4H6O2S/c5-4(6)3-1-2-7-3/h3H,1-2H2,(H,5,6). The van der Waals surface area contributed by atoms with E-state index in [1.165, 1.54) is 11.8 Å². The number of thioether (sulfide) groups is 1. The average Bonchev–Trinajstić information content (AvgIpc) is 1.23. The molecule has 0 aromatic heterocycles. The molecule has 3 heteroatoms. The van der Waals surface area contributed by atoms with Crippen molar-refractivity contribution < 1.29 is 9.90 Å². The second-order valence-corrected chi connectivity index (χ2v) is 2.80. The third kappa shape index (κ3) is 0.881. The maximum absolute atomic E-state index is 9.96. The molecule has 0 saturated carbocycles. The molecule has 7 heavy (non-hydrogen) atoms. The summed E-state index contributed by atoms with van der Waals surface area (Å²) in [6.45, 7) is 0. The fourth-order valence-electron chi connectivity index (χ4n) is 0.430. The van der Waals surface area contributed by atoms with Gasteiger partial charge in [0.05, 0.1) is 0 Å². The first-order valence-corrected chi connectivity index (χ1v) is 3.20. The van der Waals surface area contributed by atoms with Gasteiger partial charge in [-0.2, -0.15) is 0 Å². The minimum atomic E-state index is -0.656. The van der Waals surface area contributed by atoms with Gasteiger partial charge in [0.25, 0.3) is 0 Å². The molecular formula is C4H6O2S. The van der Waals surface area contributed by atoms with Crippen molar-refractivity contribution in [1.29, 1.82) is 0 Å². The highest BCUT2D eigenvalue weighted by Gasteiger charge is 2.24. The first-order chi connectivity index (χ1) is 3.30. The number of hydrogen-bond donors (Lipinski definition) is 1. The van der Waals surface area contributed by atoms with E-state index in [0.29, 0.717) is 0 Å². The van der Waals surface area contributed by atoms with Crippen LogP contribution in [0.3, 0.4) is 0 Å². The van der Waals surface area contributed by atoms with Crippen LogP contribution in [0, 0.1) is 0 Å². The van der Waals surface area contributed by atoms with E-state index >= 15 is 0 Å². The zero-order valence-corrected chi connectivity index (χ0v) is 4.57. The Hall–Kier alpha value is -0.180. The van der Waals surface area contributed by atoms with Crippen molar-refractivity contribution in [3.05, 3.63) is 0 Å². The van der Waals surface area contributed by atoms with Gasteiger partial charge in [-0.05, 0) is 12.2 Å². The second kappa shape index (κ2) is 1.74. The highest BCUT2D eigenvalue weighted by Crippen LogP contribution is 2.27. The number of aliphatic carboxylic acids is 1. The van der Waals surface area contributed by atoms with Gasteiger partial charge in [0.15, 0.2) is 0 Å². The molecule has 1 heterocycles. The van der Waals surface area contributed by atoms with E-state index in [4.69, 9.17) is 5.11 Å². The average molecular weight is 118 g/mol. The molecule has 1 rings (SSSR count). The minimum absolute atomic E-state index is 0.0833. The summed E-state index contributed by atoms with van der Waals surface area (Å²) in [4.78, 5) is 9.96. The fourth-order valence-corrected chi connectivity index (χ4v) is 1.04. The summed E-state index contributed by atoms with van der Waals surface area (Å²) in [6.07, 6.45) is 0.861. The van der Waals surface area contributed by atoms with E-state index in [9.17, 15) is 4.79 Å². The SMILES string of the molecule is O=C(O)C1CCS1. The molecule has 1 aliphatic heterocycles. The summed E-state index contributed by atoms with van der Waals surface area (Å²) in [7, 11) is 0. The lowest BCUT2D eigenvalue weighted by atomic mass is 10.3. The molecule has 1 aliphatic rings. The minimum Gasteiger partial charge on any atom is -0.480 e. The lowest BCUT2D eigenvalue weighted by Crippen LogP contribution is -2.24. The van der Waals surface area contributed by atoms with Crippen LogP contribution >= 0.6 is 11.8 Å². The van der Waals surface area contributed by atoms with E-state index in [-0.39, 0.29) is 5.25 Å². The Balaban J connectivity index is 2.27. The van der Waals surface area contributed by atoms with Crippen molar-refractivity contribution in [2.75, 3.05) is 5.75 Å². The molecule has 0 aromatic carbocycles. The Morgan fingerprint density at radius 1 is 1.86 bits per heavy atom. The summed E-state index contributed by atoms with van der Waals surface area (Å²) in [6, 6.07) is 0. The second-order valence-electron chi connectivity index (χ2n) is 1.49. The van der Waals surface area contributed by atoms with Crippen LogP contribution in [0.2, 0.25) is 0 Å². The first-order valence-electron chi connectivity index (χ1n) is 2.15. The van der Waals surface area contributed by atoms with Crippen LogP contribution in [0.1, 0.15) is 6.42 Å². The third-order valence-corrected chi connectivity index (χ3v) is 2.29. The lowest BCUT2D eigenvalue weighted by molar-refractivity contribution is -0.136. The summed E-state index contributed by atoms with van der Waals surface area (Å²) in [5.74, 6) is 0.369. The van der Waals surface area contributed by atoms with Crippen LogP contribution in [0.5, 0.6) is 0 Å². The number of carboxylic acids is 1. The molecule has 0 spiro atoms. The Labute approximate surface area is 45.9 Å². The number of carboxylic acid groups (broad SMARTS) is 1. The molecule has 1 fully saturated rings. The quantitative estimate of drug-likeness (QED) is 0.547. The lowest BCUT2D eigenvalue weighted by Gasteiger charge is -2.19. The summed E-state index contributed by atoms with van der Waals surface area (Å²) < 4.78 is 0. The highest BCUT2D eigenvalue weighted by molar-refractivity contribution is 8.01. The van der Waals surface area contributed by atoms with Crippen molar-refractivity contribution in [2.45, 2.75) is 11.7 Å². The van der Waals surface area contributed by atoms with Gasteiger partial charge in [0, 0.05) is 0 Å². The maximum atomic E-state index is 9.96. The third-order valence-electron chi connectivity index (χ3n) is 0.975. The van der Waals surface area contributed by atoms with Crippen LogP contribution in [-0.4, -0.2) is 22.1 Å². The predicted molar refractivity (Wildman–Crippen MR) is 28.5 cm³/mol. The van der Waals surface area contributed by atoms with E-state index in [0.717, 1.165) is 12.2 Å². The molecule has 1 saturated heterocycles. The maximum Gasteiger partial charge on any atom is 0.316 e. The zero-order chi connectivity index (χ0) is 5.28. The first kappa shape index (κ1) is 4.97.